The normalized spacial score (nSPS) is 31.7. The lowest BCUT2D eigenvalue weighted by molar-refractivity contribution is 0.171. The minimum atomic E-state index is -0.797. The first-order valence-corrected chi connectivity index (χ1v) is 13.9. The fourth-order valence-electron chi connectivity index (χ4n) is 7.41. The molecule has 0 unspecified atom stereocenters. The first-order valence-electron chi connectivity index (χ1n) is 13.9. The third-order valence-electron chi connectivity index (χ3n) is 9.67. The van der Waals surface area contributed by atoms with Gasteiger partial charge in [-0.05, 0) is 147 Å². The molecule has 0 amide bonds. The van der Waals surface area contributed by atoms with Crippen molar-refractivity contribution in [3.8, 4) is 0 Å². The summed E-state index contributed by atoms with van der Waals surface area (Å²) < 4.78 is 42.2. The molecule has 5 rings (SSSR count). The summed E-state index contributed by atoms with van der Waals surface area (Å²) >= 11 is 0. The molecule has 3 saturated carbocycles. The van der Waals surface area contributed by atoms with Crippen LogP contribution < -0.4 is 0 Å². The van der Waals surface area contributed by atoms with Gasteiger partial charge in [0.05, 0.1) is 0 Å². The maximum Gasteiger partial charge on any atom is 0.159 e. The summed E-state index contributed by atoms with van der Waals surface area (Å²) in [5.41, 5.74) is 2.88. The summed E-state index contributed by atoms with van der Waals surface area (Å²) in [6.45, 7) is 3.98. The van der Waals surface area contributed by atoms with Gasteiger partial charge < -0.3 is 0 Å². The van der Waals surface area contributed by atoms with Crippen molar-refractivity contribution in [2.24, 2.45) is 17.8 Å². The van der Waals surface area contributed by atoms with E-state index in [2.05, 4.69) is 18.7 Å². The fraction of sp³-hybridized carbons (Fsp3) is 0.562. The van der Waals surface area contributed by atoms with Crippen LogP contribution in [0.15, 0.2) is 49.1 Å². The van der Waals surface area contributed by atoms with Gasteiger partial charge in [0.2, 0.25) is 0 Å². The highest BCUT2D eigenvalue weighted by atomic mass is 19.2. The number of hydrogen-bond donors (Lipinski definition) is 0. The summed E-state index contributed by atoms with van der Waals surface area (Å²) in [4.78, 5) is 0. The Balaban J connectivity index is 1.15. The van der Waals surface area contributed by atoms with E-state index in [-0.39, 0.29) is 17.7 Å². The lowest BCUT2D eigenvalue weighted by atomic mass is 9.68. The van der Waals surface area contributed by atoms with E-state index < -0.39 is 11.6 Å². The molecule has 3 aliphatic carbocycles. The Labute approximate surface area is 209 Å². The number of rotatable bonds is 5. The zero-order valence-electron chi connectivity index (χ0n) is 20.8. The average molecular weight is 481 g/mol. The topological polar surface area (TPSA) is 0 Å². The average Bonchev–Trinajstić information content (AvgIpc) is 2.90. The highest BCUT2D eigenvalue weighted by Gasteiger charge is 2.31. The summed E-state index contributed by atoms with van der Waals surface area (Å²) in [6.07, 6.45) is 16.0. The van der Waals surface area contributed by atoms with Crippen molar-refractivity contribution in [1.82, 2.24) is 0 Å². The predicted molar refractivity (Wildman–Crippen MR) is 137 cm³/mol. The molecule has 0 aromatic heterocycles. The Morgan fingerprint density at radius 3 is 1.57 bits per heavy atom. The molecule has 0 bridgehead atoms. The predicted octanol–water partition coefficient (Wildman–Crippen LogP) is 9.81. The molecule has 0 atom stereocenters. The monoisotopic (exact) mass is 480 g/mol. The molecular formula is C32H39F3. The molecule has 0 radical (unpaired) electrons. The maximum absolute atomic E-state index is 15.2. The molecule has 2 aromatic carbocycles. The van der Waals surface area contributed by atoms with Crippen LogP contribution >= 0.6 is 0 Å². The van der Waals surface area contributed by atoms with Gasteiger partial charge in [0.15, 0.2) is 11.6 Å². The lowest BCUT2D eigenvalue weighted by Gasteiger charge is -2.37. The summed E-state index contributed by atoms with van der Waals surface area (Å²) in [5, 5.41) is 0. The molecule has 0 nitrogen and oxygen atoms in total. The highest BCUT2D eigenvalue weighted by molar-refractivity contribution is 5.31. The molecule has 3 aliphatic rings. The smallest absolute Gasteiger partial charge is 0.159 e. The zero-order valence-corrected chi connectivity index (χ0v) is 20.8. The van der Waals surface area contributed by atoms with Gasteiger partial charge in [-0.2, -0.15) is 0 Å². The van der Waals surface area contributed by atoms with Crippen molar-refractivity contribution in [3.05, 3.63) is 83.2 Å². The second kappa shape index (κ2) is 10.9. The molecule has 3 heteroatoms. The quantitative estimate of drug-likeness (QED) is 0.374. The third-order valence-corrected chi connectivity index (χ3v) is 9.67. The van der Waals surface area contributed by atoms with E-state index in [1.807, 2.05) is 12.1 Å². The Hall–Kier alpha value is -2.03. The van der Waals surface area contributed by atoms with Gasteiger partial charge in [-0.15, -0.1) is 6.58 Å². The maximum atomic E-state index is 15.2. The van der Waals surface area contributed by atoms with Crippen molar-refractivity contribution in [2.45, 2.75) is 94.8 Å². The van der Waals surface area contributed by atoms with Gasteiger partial charge in [0.1, 0.15) is 5.82 Å². The first-order chi connectivity index (χ1) is 17.0. The van der Waals surface area contributed by atoms with Crippen LogP contribution in [-0.2, 0) is 0 Å². The lowest BCUT2D eigenvalue weighted by Crippen LogP contribution is -2.25. The van der Waals surface area contributed by atoms with Crippen molar-refractivity contribution in [2.75, 3.05) is 0 Å². The SMILES string of the molecule is C=CC1CCC(C2CCC(c3ccc(C4CCC(c5ccc(F)c(F)c5)CC4)c(F)c3)CC2)CC1. The van der Waals surface area contributed by atoms with E-state index in [0.29, 0.717) is 5.92 Å². The molecule has 0 heterocycles. The van der Waals surface area contributed by atoms with Crippen LogP contribution in [0.1, 0.15) is 111 Å². The van der Waals surface area contributed by atoms with Gasteiger partial charge in [-0.3, -0.25) is 0 Å². The molecule has 0 saturated heterocycles. The Morgan fingerprint density at radius 1 is 0.543 bits per heavy atom. The minimum Gasteiger partial charge on any atom is -0.207 e. The molecule has 0 N–H and O–H groups in total. The van der Waals surface area contributed by atoms with Crippen molar-refractivity contribution in [1.29, 1.82) is 0 Å². The van der Waals surface area contributed by atoms with Crippen LogP contribution in [-0.4, -0.2) is 0 Å². The third kappa shape index (κ3) is 5.54. The molecular weight excluding hydrogens is 441 g/mol. The van der Waals surface area contributed by atoms with Crippen molar-refractivity contribution >= 4 is 0 Å². The number of benzene rings is 2. The number of hydrogen-bond acceptors (Lipinski definition) is 0. The number of halogens is 3. The summed E-state index contributed by atoms with van der Waals surface area (Å²) in [5.74, 6) is 1.77. The standard InChI is InChI=1S/C32H39F3/c1-2-21-3-5-22(6-4-21)23-7-9-24(10-8-23)27-15-17-29(31(34)19-27)26-13-11-25(12-14-26)28-16-18-30(33)32(35)20-28/h2,15-26H,1,3-14H2. The van der Waals surface area contributed by atoms with E-state index in [0.717, 1.165) is 54.6 Å². The summed E-state index contributed by atoms with van der Waals surface area (Å²) in [7, 11) is 0. The molecule has 188 valence electrons. The van der Waals surface area contributed by atoms with Gasteiger partial charge in [-0.1, -0.05) is 24.3 Å². The van der Waals surface area contributed by atoms with Crippen LogP contribution in [0.5, 0.6) is 0 Å². The van der Waals surface area contributed by atoms with Gasteiger partial charge in [0, 0.05) is 0 Å². The Bertz CT molecular complexity index is 1000. The zero-order chi connectivity index (χ0) is 24.4. The van der Waals surface area contributed by atoms with Gasteiger partial charge in [-0.25, -0.2) is 13.2 Å². The van der Waals surface area contributed by atoms with Crippen molar-refractivity contribution < 1.29 is 13.2 Å². The molecule has 0 spiro atoms. The second-order valence-corrected chi connectivity index (χ2v) is 11.5. The van der Waals surface area contributed by atoms with Crippen LogP contribution in [0, 0.1) is 35.2 Å². The van der Waals surface area contributed by atoms with E-state index >= 15 is 4.39 Å². The van der Waals surface area contributed by atoms with Crippen LogP contribution in [0.4, 0.5) is 13.2 Å². The largest absolute Gasteiger partial charge is 0.207 e. The Morgan fingerprint density at radius 2 is 1.03 bits per heavy atom. The van der Waals surface area contributed by atoms with Gasteiger partial charge >= 0.3 is 0 Å². The van der Waals surface area contributed by atoms with Crippen LogP contribution in [0.25, 0.3) is 0 Å². The van der Waals surface area contributed by atoms with E-state index in [1.165, 1.54) is 69.1 Å². The van der Waals surface area contributed by atoms with Gasteiger partial charge in [0.25, 0.3) is 0 Å². The van der Waals surface area contributed by atoms with E-state index in [4.69, 9.17) is 0 Å². The molecule has 0 aliphatic heterocycles. The molecule has 2 aromatic rings. The highest BCUT2D eigenvalue weighted by Crippen LogP contribution is 2.45. The summed E-state index contributed by atoms with van der Waals surface area (Å²) in [6, 6.07) is 10.3. The van der Waals surface area contributed by atoms with Crippen molar-refractivity contribution in [3.63, 3.8) is 0 Å². The van der Waals surface area contributed by atoms with E-state index in [9.17, 15) is 8.78 Å². The van der Waals surface area contributed by atoms with E-state index in [1.54, 1.807) is 6.07 Å². The fourth-order valence-corrected chi connectivity index (χ4v) is 7.41. The second-order valence-electron chi connectivity index (χ2n) is 11.5. The Kier molecular flexibility index (Phi) is 7.70. The number of allylic oxidation sites excluding steroid dienone is 1. The first kappa shape index (κ1) is 24.7. The minimum absolute atomic E-state index is 0.0522. The van der Waals surface area contributed by atoms with Crippen LogP contribution in [0.3, 0.4) is 0 Å². The molecule has 3 fully saturated rings. The molecule has 35 heavy (non-hydrogen) atoms. The van der Waals surface area contributed by atoms with Crippen LogP contribution in [0.2, 0.25) is 0 Å².